The van der Waals surface area contributed by atoms with Gasteiger partial charge in [0.15, 0.2) is 0 Å². The van der Waals surface area contributed by atoms with Gasteiger partial charge in [0.05, 0.1) is 0 Å². The van der Waals surface area contributed by atoms with Gasteiger partial charge in [0.1, 0.15) is 0 Å². The molecule has 0 spiro atoms. The van der Waals surface area contributed by atoms with Crippen molar-refractivity contribution in [2.75, 3.05) is 18.0 Å². The van der Waals surface area contributed by atoms with E-state index in [2.05, 4.69) is 63.0 Å². The van der Waals surface area contributed by atoms with E-state index in [4.69, 9.17) is 0 Å². The zero-order valence-corrected chi connectivity index (χ0v) is 13.8. The van der Waals surface area contributed by atoms with E-state index in [0.29, 0.717) is 5.92 Å². The van der Waals surface area contributed by atoms with E-state index >= 15 is 0 Å². The van der Waals surface area contributed by atoms with Crippen LogP contribution < -0.4 is 10.2 Å². The molecular formula is C18H30N2. The Morgan fingerprint density at radius 3 is 2.70 bits per heavy atom. The first kappa shape index (κ1) is 15.4. The molecule has 0 saturated heterocycles. The van der Waals surface area contributed by atoms with Crippen molar-refractivity contribution in [1.29, 1.82) is 0 Å². The maximum atomic E-state index is 3.50. The Hall–Kier alpha value is -1.02. The summed E-state index contributed by atoms with van der Waals surface area (Å²) in [5.74, 6) is 0.647. The maximum Gasteiger partial charge on any atom is 0.0406 e. The summed E-state index contributed by atoms with van der Waals surface area (Å²) in [5, 5.41) is 3.50. The highest BCUT2D eigenvalue weighted by Crippen LogP contribution is 2.43. The summed E-state index contributed by atoms with van der Waals surface area (Å²) in [6.07, 6.45) is 2.43. The molecule has 1 aliphatic rings. The first-order valence-corrected chi connectivity index (χ1v) is 8.10. The van der Waals surface area contributed by atoms with Crippen molar-refractivity contribution in [3.8, 4) is 0 Å². The molecule has 1 aliphatic heterocycles. The Bertz CT molecular complexity index is 451. The van der Waals surface area contributed by atoms with E-state index in [9.17, 15) is 0 Å². The van der Waals surface area contributed by atoms with E-state index in [0.717, 1.165) is 19.6 Å². The molecule has 0 unspecified atom stereocenters. The lowest BCUT2D eigenvalue weighted by Crippen LogP contribution is -2.48. The summed E-state index contributed by atoms with van der Waals surface area (Å²) < 4.78 is 0. The van der Waals surface area contributed by atoms with E-state index in [1.54, 1.807) is 0 Å². The third-order valence-corrected chi connectivity index (χ3v) is 4.52. The molecule has 1 N–H and O–H groups in total. The summed E-state index contributed by atoms with van der Waals surface area (Å²) in [6, 6.07) is 7.04. The van der Waals surface area contributed by atoms with Crippen LogP contribution in [0, 0.1) is 0 Å². The van der Waals surface area contributed by atoms with E-state index < -0.39 is 0 Å². The van der Waals surface area contributed by atoms with Crippen LogP contribution in [0.1, 0.15) is 64.5 Å². The van der Waals surface area contributed by atoms with Gasteiger partial charge < -0.3 is 10.2 Å². The van der Waals surface area contributed by atoms with Crippen LogP contribution >= 0.6 is 0 Å². The van der Waals surface area contributed by atoms with Gasteiger partial charge in [0.2, 0.25) is 0 Å². The van der Waals surface area contributed by atoms with Crippen molar-refractivity contribution < 1.29 is 0 Å². The maximum absolute atomic E-state index is 3.50. The van der Waals surface area contributed by atoms with Gasteiger partial charge in [-0.2, -0.15) is 0 Å². The highest BCUT2D eigenvalue weighted by atomic mass is 15.2. The molecule has 1 aromatic rings. The quantitative estimate of drug-likeness (QED) is 0.805. The van der Waals surface area contributed by atoms with Crippen LogP contribution in [0.25, 0.3) is 0 Å². The summed E-state index contributed by atoms with van der Waals surface area (Å²) in [7, 11) is 0. The van der Waals surface area contributed by atoms with E-state index in [1.807, 2.05) is 0 Å². The smallest absolute Gasteiger partial charge is 0.0406 e. The largest absolute Gasteiger partial charge is 0.366 e. The average molecular weight is 274 g/mol. The number of nitrogens with one attached hydrogen (secondary N) is 1. The Balaban J connectivity index is 2.27. The highest BCUT2D eigenvalue weighted by Gasteiger charge is 2.35. The van der Waals surface area contributed by atoms with Crippen LogP contribution in [0.15, 0.2) is 18.2 Å². The van der Waals surface area contributed by atoms with Gasteiger partial charge in [-0.25, -0.2) is 0 Å². The van der Waals surface area contributed by atoms with Crippen molar-refractivity contribution >= 4 is 5.69 Å². The monoisotopic (exact) mass is 274 g/mol. The number of benzene rings is 1. The zero-order valence-electron chi connectivity index (χ0n) is 13.8. The predicted octanol–water partition coefficient (Wildman–Crippen LogP) is 4.30. The molecule has 2 heteroatoms. The standard InChI is InChI=1S/C18H30N2/c1-6-10-19-13-15-8-9-17-16(11-15)14(3)12-18(4,5)20(17)7-2/h8-9,11,14,19H,6-7,10,12-13H2,1-5H3/t14-/m0/s1. The number of hydrogen-bond donors (Lipinski definition) is 1. The molecule has 0 aromatic heterocycles. The first-order chi connectivity index (χ1) is 9.49. The number of anilines is 1. The van der Waals surface area contributed by atoms with Crippen molar-refractivity contribution in [1.82, 2.24) is 5.32 Å². The summed E-state index contributed by atoms with van der Waals surface area (Å²) in [6.45, 7) is 14.8. The third-order valence-electron chi connectivity index (χ3n) is 4.52. The molecule has 1 heterocycles. The molecule has 0 bridgehead atoms. The number of nitrogens with zero attached hydrogens (tertiary/aromatic N) is 1. The molecule has 2 rings (SSSR count). The minimum atomic E-state index is 0.267. The van der Waals surface area contributed by atoms with Gasteiger partial charge in [0.25, 0.3) is 0 Å². The lowest BCUT2D eigenvalue weighted by molar-refractivity contribution is 0.381. The predicted molar refractivity (Wildman–Crippen MR) is 88.6 cm³/mol. The first-order valence-electron chi connectivity index (χ1n) is 8.10. The topological polar surface area (TPSA) is 15.3 Å². The molecule has 2 nitrogen and oxygen atoms in total. The second kappa shape index (κ2) is 6.17. The molecule has 1 atom stereocenters. The normalized spacial score (nSPS) is 20.9. The van der Waals surface area contributed by atoms with Crippen LogP contribution in [-0.4, -0.2) is 18.6 Å². The molecule has 20 heavy (non-hydrogen) atoms. The Labute approximate surface area is 124 Å². The van der Waals surface area contributed by atoms with Crippen molar-refractivity contribution in [3.63, 3.8) is 0 Å². The minimum absolute atomic E-state index is 0.267. The lowest BCUT2D eigenvalue weighted by atomic mass is 9.79. The molecular weight excluding hydrogens is 244 g/mol. The Morgan fingerprint density at radius 1 is 1.30 bits per heavy atom. The van der Waals surface area contributed by atoms with Crippen LogP contribution in [-0.2, 0) is 6.54 Å². The van der Waals surface area contributed by atoms with Gasteiger partial charge >= 0.3 is 0 Å². The number of rotatable bonds is 5. The van der Waals surface area contributed by atoms with Gasteiger partial charge in [-0.3, -0.25) is 0 Å². The van der Waals surface area contributed by atoms with Crippen LogP contribution in [0.4, 0.5) is 5.69 Å². The fourth-order valence-corrected chi connectivity index (χ4v) is 3.66. The SMILES string of the molecule is CCCNCc1ccc2c(c1)[C@@H](C)CC(C)(C)N2CC. The molecule has 0 saturated carbocycles. The summed E-state index contributed by atoms with van der Waals surface area (Å²) >= 11 is 0. The summed E-state index contributed by atoms with van der Waals surface area (Å²) in [4.78, 5) is 2.56. The summed E-state index contributed by atoms with van der Waals surface area (Å²) in [5.41, 5.74) is 4.65. The van der Waals surface area contributed by atoms with E-state index in [-0.39, 0.29) is 5.54 Å². The number of fused-ring (bicyclic) bond motifs is 1. The zero-order chi connectivity index (χ0) is 14.8. The number of hydrogen-bond acceptors (Lipinski definition) is 2. The lowest BCUT2D eigenvalue weighted by Gasteiger charge is -2.47. The fraction of sp³-hybridized carbons (Fsp3) is 0.667. The fourth-order valence-electron chi connectivity index (χ4n) is 3.66. The minimum Gasteiger partial charge on any atom is -0.366 e. The highest BCUT2D eigenvalue weighted by molar-refractivity contribution is 5.60. The second-order valence-corrected chi connectivity index (χ2v) is 6.73. The molecule has 0 aliphatic carbocycles. The van der Waals surface area contributed by atoms with Crippen LogP contribution in [0.5, 0.6) is 0 Å². The van der Waals surface area contributed by atoms with Crippen molar-refractivity contribution in [2.24, 2.45) is 0 Å². The van der Waals surface area contributed by atoms with Gasteiger partial charge in [-0.1, -0.05) is 26.0 Å². The van der Waals surface area contributed by atoms with Gasteiger partial charge in [0, 0.05) is 24.3 Å². The van der Waals surface area contributed by atoms with E-state index in [1.165, 1.54) is 29.7 Å². The third kappa shape index (κ3) is 3.01. The molecule has 0 fully saturated rings. The Kier molecular flexibility index (Phi) is 4.74. The van der Waals surface area contributed by atoms with Crippen LogP contribution in [0.3, 0.4) is 0 Å². The molecule has 112 valence electrons. The average Bonchev–Trinajstić information content (AvgIpc) is 2.39. The molecule has 0 amide bonds. The van der Waals surface area contributed by atoms with Gasteiger partial charge in [-0.05, 0) is 63.3 Å². The Morgan fingerprint density at radius 2 is 2.05 bits per heavy atom. The van der Waals surface area contributed by atoms with Crippen molar-refractivity contribution in [2.45, 2.75) is 65.5 Å². The molecule has 0 radical (unpaired) electrons. The molecule has 1 aromatic carbocycles. The van der Waals surface area contributed by atoms with Gasteiger partial charge in [-0.15, -0.1) is 0 Å². The second-order valence-electron chi connectivity index (χ2n) is 6.73. The van der Waals surface area contributed by atoms with Crippen LogP contribution in [0.2, 0.25) is 0 Å². The van der Waals surface area contributed by atoms with Crippen molar-refractivity contribution in [3.05, 3.63) is 29.3 Å².